The number of halogens is 1. The molecular formula is C16H13ClN2O2. The SMILES string of the molecule is Cc1ccc2nc(CCl)n(-c3ccc4c(c3)OCO4)c2c1. The Bertz CT molecular complexity index is 842. The molecule has 4 nitrogen and oxygen atoms in total. The highest BCUT2D eigenvalue weighted by molar-refractivity contribution is 6.17. The number of ether oxygens (including phenoxy) is 2. The Morgan fingerprint density at radius 3 is 2.86 bits per heavy atom. The van der Waals surface area contributed by atoms with E-state index in [4.69, 9.17) is 21.1 Å². The number of nitrogens with zero attached hydrogens (tertiary/aromatic N) is 2. The van der Waals surface area contributed by atoms with Crippen molar-refractivity contribution in [1.82, 2.24) is 9.55 Å². The first-order valence-corrected chi connectivity index (χ1v) is 7.24. The molecule has 0 amide bonds. The van der Waals surface area contributed by atoms with Crippen molar-refractivity contribution < 1.29 is 9.47 Å². The Hall–Kier alpha value is -2.20. The van der Waals surface area contributed by atoms with Crippen molar-refractivity contribution in [2.45, 2.75) is 12.8 Å². The second kappa shape index (κ2) is 4.67. The molecule has 5 heteroatoms. The molecule has 3 aromatic rings. The molecule has 0 aliphatic carbocycles. The molecular weight excluding hydrogens is 288 g/mol. The van der Waals surface area contributed by atoms with Crippen LogP contribution < -0.4 is 9.47 Å². The number of aryl methyl sites for hydroxylation is 1. The Morgan fingerprint density at radius 2 is 2.00 bits per heavy atom. The monoisotopic (exact) mass is 300 g/mol. The summed E-state index contributed by atoms with van der Waals surface area (Å²) in [6, 6.07) is 12.1. The van der Waals surface area contributed by atoms with Crippen LogP contribution in [0, 0.1) is 6.92 Å². The van der Waals surface area contributed by atoms with Crippen molar-refractivity contribution in [3.63, 3.8) is 0 Å². The van der Waals surface area contributed by atoms with Gasteiger partial charge in [0, 0.05) is 6.07 Å². The second-order valence-corrected chi connectivity index (χ2v) is 5.29. The Kier molecular flexibility index (Phi) is 2.79. The summed E-state index contributed by atoms with van der Waals surface area (Å²) >= 11 is 6.07. The fourth-order valence-electron chi connectivity index (χ4n) is 2.64. The van der Waals surface area contributed by atoms with Crippen LogP contribution in [0.3, 0.4) is 0 Å². The maximum Gasteiger partial charge on any atom is 0.231 e. The third kappa shape index (κ3) is 1.94. The number of imidazole rings is 1. The molecule has 0 saturated carbocycles. The maximum absolute atomic E-state index is 6.07. The normalized spacial score (nSPS) is 13.0. The van der Waals surface area contributed by atoms with Crippen LogP contribution >= 0.6 is 11.6 Å². The largest absolute Gasteiger partial charge is 0.454 e. The third-order valence-corrected chi connectivity index (χ3v) is 3.85. The van der Waals surface area contributed by atoms with Crippen molar-refractivity contribution >= 4 is 22.6 Å². The first kappa shape index (κ1) is 12.5. The summed E-state index contributed by atoms with van der Waals surface area (Å²) in [7, 11) is 0. The van der Waals surface area contributed by atoms with E-state index in [0.717, 1.165) is 34.0 Å². The molecule has 0 bridgehead atoms. The summed E-state index contributed by atoms with van der Waals surface area (Å²) in [5, 5.41) is 0. The number of fused-ring (bicyclic) bond motifs is 2. The average Bonchev–Trinajstić information content (AvgIpc) is 3.09. The molecule has 2 aromatic carbocycles. The summed E-state index contributed by atoms with van der Waals surface area (Å²) in [4.78, 5) is 4.60. The van der Waals surface area contributed by atoms with Crippen LogP contribution in [0.15, 0.2) is 36.4 Å². The first-order valence-electron chi connectivity index (χ1n) is 6.70. The van der Waals surface area contributed by atoms with E-state index < -0.39 is 0 Å². The van der Waals surface area contributed by atoms with E-state index in [1.165, 1.54) is 5.56 Å². The quantitative estimate of drug-likeness (QED) is 0.675. The molecule has 1 aliphatic heterocycles. The van der Waals surface area contributed by atoms with E-state index in [1.807, 2.05) is 24.3 Å². The van der Waals surface area contributed by atoms with E-state index in [0.29, 0.717) is 5.88 Å². The standard InChI is InChI=1S/C16H13ClN2O2/c1-10-2-4-12-13(6-10)19(16(8-17)18-12)11-3-5-14-15(7-11)21-9-20-14/h2-7H,8-9H2,1H3. The molecule has 106 valence electrons. The topological polar surface area (TPSA) is 36.3 Å². The number of hydrogen-bond acceptors (Lipinski definition) is 3. The van der Waals surface area contributed by atoms with Crippen LogP contribution in [-0.4, -0.2) is 16.3 Å². The first-order chi connectivity index (χ1) is 10.3. The van der Waals surface area contributed by atoms with Crippen LogP contribution in [0.1, 0.15) is 11.4 Å². The lowest BCUT2D eigenvalue weighted by molar-refractivity contribution is 0.174. The Morgan fingerprint density at radius 1 is 1.14 bits per heavy atom. The number of alkyl halides is 1. The molecule has 0 saturated heterocycles. The predicted octanol–water partition coefficient (Wildman–Crippen LogP) is 3.80. The van der Waals surface area contributed by atoms with Gasteiger partial charge in [-0.2, -0.15) is 0 Å². The minimum Gasteiger partial charge on any atom is -0.454 e. The Labute approximate surface area is 126 Å². The van der Waals surface area contributed by atoms with Gasteiger partial charge in [0.1, 0.15) is 5.82 Å². The lowest BCUT2D eigenvalue weighted by Gasteiger charge is -2.09. The summed E-state index contributed by atoms with van der Waals surface area (Å²) in [5.74, 6) is 2.69. The van der Waals surface area contributed by atoms with Crippen LogP contribution in [0.2, 0.25) is 0 Å². The summed E-state index contributed by atoms with van der Waals surface area (Å²) in [6.07, 6.45) is 0. The molecule has 0 atom stereocenters. The molecule has 0 unspecified atom stereocenters. The lowest BCUT2D eigenvalue weighted by Crippen LogP contribution is -1.99. The van der Waals surface area contributed by atoms with Crippen molar-refractivity contribution in [2.24, 2.45) is 0 Å². The summed E-state index contributed by atoms with van der Waals surface area (Å²) < 4.78 is 12.9. The molecule has 0 radical (unpaired) electrons. The average molecular weight is 301 g/mol. The molecule has 1 aliphatic rings. The van der Waals surface area contributed by atoms with Gasteiger partial charge >= 0.3 is 0 Å². The van der Waals surface area contributed by atoms with Gasteiger partial charge in [-0.15, -0.1) is 11.6 Å². The number of benzene rings is 2. The minimum absolute atomic E-state index is 0.269. The molecule has 0 fully saturated rings. The second-order valence-electron chi connectivity index (χ2n) is 5.03. The van der Waals surface area contributed by atoms with Gasteiger partial charge in [0.05, 0.1) is 22.6 Å². The third-order valence-electron chi connectivity index (χ3n) is 3.61. The van der Waals surface area contributed by atoms with E-state index in [9.17, 15) is 0 Å². The molecule has 2 heterocycles. The fraction of sp³-hybridized carbons (Fsp3) is 0.188. The van der Waals surface area contributed by atoms with Gasteiger partial charge in [-0.3, -0.25) is 4.57 Å². The van der Waals surface area contributed by atoms with E-state index >= 15 is 0 Å². The highest BCUT2D eigenvalue weighted by atomic mass is 35.5. The van der Waals surface area contributed by atoms with Crippen molar-refractivity contribution in [2.75, 3.05) is 6.79 Å². The van der Waals surface area contributed by atoms with Crippen molar-refractivity contribution in [3.8, 4) is 17.2 Å². The van der Waals surface area contributed by atoms with Crippen LogP contribution in [0.25, 0.3) is 16.7 Å². The van der Waals surface area contributed by atoms with Gasteiger partial charge in [-0.1, -0.05) is 6.07 Å². The zero-order chi connectivity index (χ0) is 14.4. The molecule has 0 spiro atoms. The summed E-state index contributed by atoms with van der Waals surface area (Å²) in [5.41, 5.74) is 4.15. The highest BCUT2D eigenvalue weighted by Crippen LogP contribution is 2.35. The fourth-order valence-corrected chi connectivity index (χ4v) is 2.82. The zero-order valence-electron chi connectivity index (χ0n) is 11.5. The van der Waals surface area contributed by atoms with Gasteiger partial charge < -0.3 is 9.47 Å². The van der Waals surface area contributed by atoms with E-state index in [2.05, 4.69) is 28.6 Å². The van der Waals surface area contributed by atoms with Crippen LogP contribution in [-0.2, 0) is 5.88 Å². The van der Waals surface area contributed by atoms with Crippen molar-refractivity contribution in [3.05, 3.63) is 47.8 Å². The van der Waals surface area contributed by atoms with Gasteiger partial charge in [0.25, 0.3) is 0 Å². The molecule has 21 heavy (non-hydrogen) atoms. The predicted molar refractivity (Wildman–Crippen MR) is 81.5 cm³/mol. The van der Waals surface area contributed by atoms with Gasteiger partial charge in [-0.05, 0) is 36.8 Å². The van der Waals surface area contributed by atoms with E-state index in [-0.39, 0.29) is 6.79 Å². The van der Waals surface area contributed by atoms with Crippen LogP contribution in [0.5, 0.6) is 11.5 Å². The van der Waals surface area contributed by atoms with Crippen LogP contribution in [0.4, 0.5) is 0 Å². The maximum atomic E-state index is 6.07. The molecule has 0 N–H and O–H groups in total. The van der Waals surface area contributed by atoms with Gasteiger partial charge in [0.15, 0.2) is 11.5 Å². The smallest absolute Gasteiger partial charge is 0.231 e. The molecule has 4 rings (SSSR count). The highest BCUT2D eigenvalue weighted by Gasteiger charge is 2.17. The number of hydrogen-bond donors (Lipinski definition) is 0. The Balaban J connectivity index is 1.98. The minimum atomic E-state index is 0.269. The summed E-state index contributed by atoms with van der Waals surface area (Å²) in [6.45, 7) is 2.34. The zero-order valence-corrected chi connectivity index (χ0v) is 12.2. The number of aromatic nitrogens is 2. The molecule has 1 aromatic heterocycles. The van der Waals surface area contributed by atoms with Gasteiger partial charge in [-0.25, -0.2) is 4.98 Å². The number of rotatable bonds is 2. The lowest BCUT2D eigenvalue weighted by atomic mass is 10.2. The van der Waals surface area contributed by atoms with E-state index in [1.54, 1.807) is 0 Å². The van der Waals surface area contributed by atoms with Crippen molar-refractivity contribution in [1.29, 1.82) is 0 Å². The van der Waals surface area contributed by atoms with Gasteiger partial charge in [0.2, 0.25) is 6.79 Å².